The van der Waals surface area contributed by atoms with Gasteiger partial charge in [0.1, 0.15) is 19.8 Å². The van der Waals surface area contributed by atoms with E-state index in [0.29, 0.717) is 30.4 Å². The summed E-state index contributed by atoms with van der Waals surface area (Å²) in [7, 11) is 0. The lowest BCUT2D eigenvalue weighted by Crippen LogP contribution is -2.34. The quantitative estimate of drug-likeness (QED) is 0.711. The predicted octanol–water partition coefficient (Wildman–Crippen LogP) is 2.74. The largest absolute Gasteiger partial charge is 0.486 e. The van der Waals surface area contributed by atoms with E-state index in [1.807, 2.05) is 0 Å². The minimum atomic E-state index is -4.56. The molecule has 0 aromatic heterocycles. The number of carbonyl (C=O) groups is 3. The number of anilines is 2. The van der Waals surface area contributed by atoms with Crippen LogP contribution in [0.1, 0.15) is 16.8 Å². The SMILES string of the molecule is O=C(NCC(F)(F)F)c1ccccc1NC(=O)C1CC(=O)N(c2ccc3c(c2)OCCO3)C1. The van der Waals surface area contributed by atoms with Gasteiger partial charge in [-0.05, 0) is 24.3 Å². The Bertz CT molecular complexity index is 1090. The molecule has 33 heavy (non-hydrogen) atoms. The molecule has 2 aliphatic heterocycles. The number of fused-ring (bicyclic) bond motifs is 1. The first-order valence-corrected chi connectivity index (χ1v) is 10.2. The summed E-state index contributed by atoms with van der Waals surface area (Å²) in [5.74, 6) is -1.37. The zero-order valence-corrected chi connectivity index (χ0v) is 17.3. The fourth-order valence-electron chi connectivity index (χ4n) is 3.63. The molecular weight excluding hydrogens is 443 g/mol. The molecule has 1 saturated heterocycles. The van der Waals surface area contributed by atoms with E-state index in [1.165, 1.54) is 29.2 Å². The maximum Gasteiger partial charge on any atom is 0.405 e. The van der Waals surface area contributed by atoms with Crippen molar-refractivity contribution in [2.75, 3.05) is 36.5 Å². The first-order chi connectivity index (χ1) is 15.7. The smallest absolute Gasteiger partial charge is 0.405 e. The number of para-hydroxylation sites is 1. The molecule has 0 spiro atoms. The monoisotopic (exact) mass is 463 g/mol. The van der Waals surface area contributed by atoms with E-state index < -0.39 is 30.5 Å². The summed E-state index contributed by atoms with van der Waals surface area (Å²) in [5, 5.41) is 4.35. The summed E-state index contributed by atoms with van der Waals surface area (Å²) >= 11 is 0. The molecule has 174 valence electrons. The summed E-state index contributed by atoms with van der Waals surface area (Å²) < 4.78 is 48.3. The van der Waals surface area contributed by atoms with Gasteiger partial charge < -0.3 is 25.0 Å². The number of hydrogen-bond acceptors (Lipinski definition) is 5. The zero-order chi connectivity index (χ0) is 23.6. The molecule has 0 aliphatic carbocycles. The van der Waals surface area contributed by atoms with Crippen molar-refractivity contribution in [3.63, 3.8) is 0 Å². The molecule has 0 radical (unpaired) electrons. The molecule has 8 nitrogen and oxygen atoms in total. The third-order valence-electron chi connectivity index (χ3n) is 5.21. The van der Waals surface area contributed by atoms with Gasteiger partial charge in [0, 0.05) is 24.7 Å². The molecule has 2 aromatic rings. The van der Waals surface area contributed by atoms with E-state index in [1.54, 1.807) is 23.5 Å². The number of nitrogens with zero attached hydrogens (tertiary/aromatic N) is 1. The van der Waals surface area contributed by atoms with Gasteiger partial charge in [0.15, 0.2) is 11.5 Å². The van der Waals surface area contributed by atoms with Crippen molar-refractivity contribution in [3.8, 4) is 11.5 Å². The number of benzene rings is 2. The standard InChI is InChI=1S/C22H20F3N3O5/c23-22(24,25)12-26-21(31)15-3-1-2-4-16(15)27-20(30)13-9-19(29)28(11-13)14-5-6-17-18(10-14)33-8-7-32-17/h1-6,10,13H,7-9,11-12H2,(H,26,31)(H,27,30). The highest BCUT2D eigenvalue weighted by Crippen LogP contribution is 2.36. The first kappa shape index (κ1) is 22.4. The average Bonchev–Trinajstić information content (AvgIpc) is 3.19. The molecule has 2 aliphatic rings. The van der Waals surface area contributed by atoms with Crippen LogP contribution in [-0.2, 0) is 9.59 Å². The van der Waals surface area contributed by atoms with Crippen LogP contribution in [-0.4, -0.2) is 50.2 Å². The Morgan fingerprint density at radius 3 is 2.55 bits per heavy atom. The van der Waals surface area contributed by atoms with Crippen molar-refractivity contribution in [1.82, 2.24) is 5.32 Å². The van der Waals surface area contributed by atoms with Crippen LogP contribution in [0.2, 0.25) is 0 Å². The molecule has 2 aromatic carbocycles. The van der Waals surface area contributed by atoms with Gasteiger partial charge in [0.25, 0.3) is 5.91 Å². The van der Waals surface area contributed by atoms with Gasteiger partial charge in [-0.2, -0.15) is 13.2 Å². The lowest BCUT2D eigenvalue weighted by atomic mass is 10.1. The maximum atomic E-state index is 12.8. The number of rotatable bonds is 5. The Morgan fingerprint density at radius 1 is 1.06 bits per heavy atom. The van der Waals surface area contributed by atoms with Crippen LogP contribution in [0, 0.1) is 5.92 Å². The van der Waals surface area contributed by atoms with Gasteiger partial charge in [0.05, 0.1) is 17.2 Å². The fourth-order valence-corrected chi connectivity index (χ4v) is 3.63. The molecule has 1 unspecified atom stereocenters. The Kier molecular flexibility index (Phi) is 6.12. The number of nitrogens with one attached hydrogen (secondary N) is 2. The van der Waals surface area contributed by atoms with Gasteiger partial charge in [-0.1, -0.05) is 12.1 Å². The summed E-state index contributed by atoms with van der Waals surface area (Å²) in [4.78, 5) is 39.0. The second-order valence-corrected chi connectivity index (χ2v) is 7.57. The molecular formula is C22H20F3N3O5. The lowest BCUT2D eigenvalue weighted by molar-refractivity contribution is -0.123. The van der Waals surface area contributed by atoms with Crippen LogP contribution in [0.5, 0.6) is 11.5 Å². The molecule has 2 N–H and O–H groups in total. The molecule has 0 bridgehead atoms. The number of halogens is 3. The van der Waals surface area contributed by atoms with Crippen LogP contribution >= 0.6 is 0 Å². The Morgan fingerprint density at radius 2 is 1.79 bits per heavy atom. The van der Waals surface area contributed by atoms with Crippen molar-refractivity contribution in [1.29, 1.82) is 0 Å². The molecule has 2 heterocycles. The van der Waals surface area contributed by atoms with Crippen LogP contribution in [0.25, 0.3) is 0 Å². The van der Waals surface area contributed by atoms with Gasteiger partial charge in [-0.15, -0.1) is 0 Å². The highest BCUT2D eigenvalue weighted by molar-refractivity contribution is 6.07. The molecule has 3 amide bonds. The zero-order valence-electron chi connectivity index (χ0n) is 17.3. The van der Waals surface area contributed by atoms with Gasteiger partial charge in [0.2, 0.25) is 11.8 Å². The summed E-state index contributed by atoms with van der Waals surface area (Å²) in [5.41, 5.74) is 0.516. The van der Waals surface area contributed by atoms with E-state index in [2.05, 4.69) is 5.32 Å². The second-order valence-electron chi connectivity index (χ2n) is 7.57. The number of hydrogen-bond donors (Lipinski definition) is 2. The topological polar surface area (TPSA) is 97.0 Å². The van der Waals surface area contributed by atoms with Crippen LogP contribution in [0.4, 0.5) is 24.5 Å². The van der Waals surface area contributed by atoms with Crippen molar-refractivity contribution in [2.24, 2.45) is 5.92 Å². The van der Waals surface area contributed by atoms with Crippen molar-refractivity contribution in [2.45, 2.75) is 12.6 Å². The second kappa shape index (κ2) is 9.00. The van der Waals surface area contributed by atoms with E-state index in [-0.39, 0.29) is 30.1 Å². The van der Waals surface area contributed by atoms with Crippen molar-refractivity contribution >= 4 is 29.1 Å². The molecule has 1 atom stereocenters. The van der Waals surface area contributed by atoms with E-state index >= 15 is 0 Å². The number of alkyl halides is 3. The maximum absolute atomic E-state index is 12.8. The highest BCUT2D eigenvalue weighted by Gasteiger charge is 2.36. The predicted molar refractivity (Wildman–Crippen MR) is 111 cm³/mol. The Hall–Kier alpha value is -3.76. The molecule has 1 fully saturated rings. The Labute approximate surface area is 186 Å². The molecule has 4 rings (SSSR count). The van der Waals surface area contributed by atoms with Crippen LogP contribution in [0.15, 0.2) is 42.5 Å². The normalized spacial score (nSPS) is 17.6. The number of ether oxygens (including phenoxy) is 2. The van der Waals surface area contributed by atoms with E-state index in [4.69, 9.17) is 9.47 Å². The third-order valence-corrected chi connectivity index (χ3v) is 5.21. The molecule has 11 heteroatoms. The minimum Gasteiger partial charge on any atom is -0.486 e. The minimum absolute atomic E-state index is 0.0529. The molecule has 0 saturated carbocycles. The van der Waals surface area contributed by atoms with E-state index in [0.717, 1.165) is 0 Å². The summed E-state index contributed by atoms with van der Waals surface area (Å²) in [6, 6.07) is 10.8. The van der Waals surface area contributed by atoms with Gasteiger partial charge in [-0.25, -0.2) is 0 Å². The van der Waals surface area contributed by atoms with Crippen molar-refractivity contribution in [3.05, 3.63) is 48.0 Å². The first-order valence-electron chi connectivity index (χ1n) is 10.2. The fraction of sp³-hybridized carbons (Fsp3) is 0.318. The average molecular weight is 463 g/mol. The van der Waals surface area contributed by atoms with Crippen molar-refractivity contribution < 1.29 is 37.0 Å². The Balaban J connectivity index is 1.44. The van der Waals surface area contributed by atoms with Gasteiger partial charge in [-0.3, -0.25) is 14.4 Å². The van der Waals surface area contributed by atoms with Gasteiger partial charge >= 0.3 is 6.18 Å². The summed E-state index contributed by atoms with van der Waals surface area (Å²) in [6.45, 7) is -0.555. The number of carbonyl (C=O) groups excluding carboxylic acids is 3. The van der Waals surface area contributed by atoms with Crippen LogP contribution < -0.4 is 25.0 Å². The highest BCUT2D eigenvalue weighted by atomic mass is 19.4. The number of amides is 3. The van der Waals surface area contributed by atoms with Crippen LogP contribution in [0.3, 0.4) is 0 Å². The summed E-state index contributed by atoms with van der Waals surface area (Å²) in [6.07, 6.45) is -4.61. The lowest BCUT2D eigenvalue weighted by Gasteiger charge is -2.22. The van der Waals surface area contributed by atoms with E-state index in [9.17, 15) is 27.6 Å². The third kappa shape index (κ3) is 5.18.